The van der Waals surface area contributed by atoms with Crippen molar-refractivity contribution in [2.45, 2.75) is 32.1 Å². The van der Waals surface area contributed by atoms with Gasteiger partial charge in [0, 0.05) is 39.2 Å². The first-order valence-electron chi connectivity index (χ1n) is 4.58. The molecule has 0 amide bonds. The lowest BCUT2D eigenvalue weighted by Gasteiger charge is -1.99. The van der Waals surface area contributed by atoms with Gasteiger partial charge in [-0.1, -0.05) is 0 Å². The monoisotopic (exact) mass is 199 g/mol. The second kappa shape index (κ2) is 8.56. The summed E-state index contributed by atoms with van der Waals surface area (Å²) >= 11 is 0. The summed E-state index contributed by atoms with van der Waals surface area (Å²) in [6.07, 6.45) is 2.80. The Morgan fingerprint density at radius 3 is 2.14 bits per heavy atom. The van der Waals surface area contributed by atoms with E-state index in [2.05, 4.69) is 0 Å². The zero-order chi connectivity index (χ0) is 10.8. The molecule has 0 saturated heterocycles. The number of ether oxygens (including phenoxy) is 1. The average molecular weight is 199 g/mol. The fraction of sp³-hybridized carbons (Fsp3) is 0.700. The number of carbonyl (C=O) groups excluding carboxylic acids is 3. The molecule has 0 fully saturated rings. The lowest BCUT2D eigenvalue weighted by atomic mass is 10.1. The predicted octanol–water partition coefficient (Wildman–Crippen LogP) is 0.831. The molecule has 4 nitrogen and oxygen atoms in total. The largest absolute Gasteiger partial charge is 0.384 e. The topological polar surface area (TPSA) is 60.4 Å². The van der Waals surface area contributed by atoms with Gasteiger partial charge >= 0.3 is 0 Å². The molecule has 0 unspecified atom stereocenters. The molecular weight excluding hydrogens is 184 g/mol. The van der Waals surface area contributed by atoms with Crippen LogP contribution in [0.5, 0.6) is 0 Å². The van der Waals surface area contributed by atoms with Gasteiger partial charge in [0.1, 0.15) is 11.6 Å². The van der Waals surface area contributed by atoms with Crippen LogP contribution < -0.4 is 0 Å². The maximum atomic E-state index is 11.1. The molecule has 0 rings (SSSR count). The molecule has 79 valence electrons. The molecule has 0 heterocycles. The van der Waals surface area contributed by atoms with Crippen LogP contribution in [0.15, 0.2) is 0 Å². The molecule has 0 N–H and O–H groups in total. The Hall–Kier alpha value is -1.03. The number of Topliss-reactive ketones (excluding diaryl/α,β-unsaturated/α-hetero) is 2. The number of hydrogen-bond acceptors (Lipinski definition) is 4. The zero-order valence-corrected chi connectivity index (χ0v) is 8.38. The summed E-state index contributed by atoms with van der Waals surface area (Å²) in [6.45, 7) is 0.398. The molecule has 0 saturated carbocycles. The molecule has 0 atom stereocenters. The van der Waals surface area contributed by atoms with Gasteiger partial charge < -0.3 is 4.74 Å². The predicted molar refractivity (Wildman–Crippen MR) is 50.7 cm³/mol. The summed E-state index contributed by atoms with van der Waals surface area (Å²) in [5.74, 6) is -0.0330. The highest BCUT2D eigenvalue weighted by molar-refractivity contribution is 5.86. The Labute approximate surface area is 83.6 Å². The fourth-order valence-corrected chi connectivity index (χ4v) is 0.935. The highest BCUT2D eigenvalue weighted by Crippen LogP contribution is 2.00. The summed E-state index contributed by atoms with van der Waals surface area (Å²) < 4.78 is 4.73. The first kappa shape index (κ1) is 13.0. The number of hydrogen-bond donors (Lipinski definition) is 0. The third-order valence-corrected chi connectivity index (χ3v) is 1.77. The van der Waals surface area contributed by atoms with Gasteiger partial charge in [0.2, 0.25) is 0 Å². The lowest BCUT2D eigenvalue weighted by molar-refractivity contribution is -0.124. The van der Waals surface area contributed by atoms with Gasteiger partial charge in [0.15, 0.2) is 6.29 Å². The van der Waals surface area contributed by atoms with E-state index in [0.29, 0.717) is 13.0 Å². The van der Waals surface area contributed by atoms with Crippen LogP contribution >= 0.6 is 0 Å². The quantitative estimate of drug-likeness (QED) is 0.552. The van der Waals surface area contributed by atoms with Gasteiger partial charge in [-0.2, -0.15) is 0 Å². The van der Waals surface area contributed by atoms with Crippen molar-refractivity contribution >= 4 is 17.9 Å². The van der Waals surface area contributed by atoms with E-state index in [4.69, 9.17) is 4.74 Å². The molecule has 0 spiro atoms. The molecule has 14 heavy (non-hydrogen) atoms. The SMILES string of the molecule is COCCC(=O)CCC(=O)CC[C]=O. The number of carbonyl (C=O) groups is 2. The summed E-state index contributed by atoms with van der Waals surface area (Å²) in [5, 5.41) is 0. The number of rotatable bonds is 9. The Morgan fingerprint density at radius 2 is 1.64 bits per heavy atom. The molecule has 0 aromatic carbocycles. The van der Waals surface area contributed by atoms with E-state index in [0.717, 1.165) is 0 Å². The van der Waals surface area contributed by atoms with E-state index in [-0.39, 0.29) is 37.2 Å². The molecular formula is C10H15O4. The van der Waals surface area contributed by atoms with Gasteiger partial charge in [-0.05, 0) is 0 Å². The summed E-state index contributed by atoms with van der Waals surface area (Å²) in [6, 6.07) is 0. The van der Waals surface area contributed by atoms with Crippen LogP contribution in [0, 0.1) is 0 Å². The molecule has 0 aliphatic heterocycles. The minimum atomic E-state index is -0.0564. The number of ketones is 2. The van der Waals surface area contributed by atoms with E-state index >= 15 is 0 Å². The highest BCUT2D eigenvalue weighted by Gasteiger charge is 2.06. The van der Waals surface area contributed by atoms with E-state index in [1.807, 2.05) is 0 Å². The highest BCUT2D eigenvalue weighted by atomic mass is 16.5. The molecule has 1 radical (unpaired) electrons. The van der Waals surface area contributed by atoms with Crippen LogP contribution in [0.1, 0.15) is 32.1 Å². The van der Waals surface area contributed by atoms with Gasteiger partial charge in [0.25, 0.3) is 0 Å². The van der Waals surface area contributed by atoms with Crippen molar-refractivity contribution < 1.29 is 19.1 Å². The van der Waals surface area contributed by atoms with Crippen molar-refractivity contribution in [3.05, 3.63) is 0 Å². The fourth-order valence-electron chi connectivity index (χ4n) is 0.935. The third-order valence-electron chi connectivity index (χ3n) is 1.77. The smallest absolute Gasteiger partial charge is 0.198 e. The van der Waals surface area contributed by atoms with E-state index in [1.165, 1.54) is 7.11 Å². The van der Waals surface area contributed by atoms with Gasteiger partial charge in [-0.25, -0.2) is 0 Å². The van der Waals surface area contributed by atoms with Gasteiger partial charge in [-0.15, -0.1) is 0 Å². The van der Waals surface area contributed by atoms with E-state index < -0.39 is 0 Å². The zero-order valence-electron chi connectivity index (χ0n) is 8.38. The van der Waals surface area contributed by atoms with Crippen LogP contribution in [0.4, 0.5) is 0 Å². The van der Waals surface area contributed by atoms with Crippen molar-refractivity contribution in [2.24, 2.45) is 0 Å². The van der Waals surface area contributed by atoms with Crippen LogP contribution in [0.25, 0.3) is 0 Å². The lowest BCUT2D eigenvalue weighted by Crippen LogP contribution is -2.06. The second-order valence-electron chi connectivity index (χ2n) is 2.96. The van der Waals surface area contributed by atoms with Crippen LogP contribution in [0.2, 0.25) is 0 Å². The standard InChI is InChI=1S/C10H15O4/c1-14-8-6-10(13)5-4-9(12)3-2-7-11/h2-6,8H2,1H3. The molecule has 0 aliphatic carbocycles. The maximum Gasteiger partial charge on any atom is 0.198 e. The van der Waals surface area contributed by atoms with Crippen LogP contribution in [0.3, 0.4) is 0 Å². The Balaban J connectivity index is 3.45. The molecule has 0 aliphatic rings. The van der Waals surface area contributed by atoms with E-state index in [1.54, 1.807) is 6.29 Å². The second-order valence-corrected chi connectivity index (χ2v) is 2.96. The van der Waals surface area contributed by atoms with Crippen molar-refractivity contribution in [3.63, 3.8) is 0 Å². The van der Waals surface area contributed by atoms with Gasteiger partial charge in [-0.3, -0.25) is 14.4 Å². The molecule has 0 bridgehead atoms. The Kier molecular flexibility index (Phi) is 7.93. The first-order valence-corrected chi connectivity index (χ1v) is 4.58. The molecule has 0 aromatic rings. The number of methoxy groups -OCH3 is 1. The maximum absolute atomic E-state index is 11.1. The first-order chi connectivity index (χ1) is 6.70. The molecule has 4 heteroatoms. The third kappa shape index (κ3) is 7.61. The van der Waals surface area contributed by atoms with Crippen molar-refractivity contribution in [1.82, 2.24) is 0 Å². The van der Waals surface area contributed by atoms with Crippen LogP contribution in [-0.4, -0.2) is 31.6 Å². The van der Waals surface area contributed by atoms with Crippen molar-refractivity contribution in [3.8, 4) is 0 Å². The Morgan fingerprint density at radius 1 is 1.07 bits per heavy atom. The minimum absolute atomic E-state index is 0.0234. The average Bonchev–Trinajstić information content (AvgIpc) is 2.20. The normalized spacial score (nSPS) is 9.79. The van der Waals surface area contributed by atoms with Gasteiger partial charge in [0.05, 0.1) is 6.61 Å². The van der Waals surface area contributed by atoms with Crippen LogP contribution in [-0.2, 0) is 19.1 Å². The minimum Gasteiger partial charge on any atom is -0.384 e. The van der Waals surface area contributed by atoms with E-state index in [9.17, 15) is 14.4 Å². The summed E-state index contributed by atoms with van der Waals surface area (Å²) in [7, 11) is 1.53. The van der Waals surface area contributed by atoms with Crippen molar-refractivity contribution in [2.75, 3.05) is 13.7 Å². The summed E-state index contributed by atoms with van der Waals surface area (Å²) in [4.78, 5) is 31.9. The molecule has 0 aromatic heterocycles. The summed E-state index contributed by atoms with van der Waals surface area (Å²) in [5.41, 5.74) is 0. The van der Waals surface area contributed by atoms with Crippen molar-refractivity contribution in [1.29, 1.82) is 0 Å². The Bertz CT molecular complexity index is 198.